The van der Waals surface area contributed by atoms with E-state index in [1.807, 2.05) is 0 Å². The van der Waals surface area contributed by atoms with Gasteiger partial charge in [0.05, 0.1) is 0 Å². The predicted octanol–water partition coefficient (Wildman–Crippen LogP) is 5.01. The molecule has 0 aliphatic heterocycles. The number of hydrogen-bond donors (Lipinski definition) is 0. The highest BCUT2D eigenvalue weighted by molar-refractivity contribution is 5.36. The molecule has 4 rings (SSSR count). The van der Waals surface area contributed by atoms with Crippen molar-refractivity contribution < 1.29 is 0 Å². The van der Waals surface area contributed by atoms with Crippen molar-refractivity contribution in [3.05, 3.63) is 69.8 Å². The second-order valence-corrected chi connectivity index (χ2v) is 8.65. The molecule has 2 heteroatoms. The maximum atomic E-state index is 2.66. The van der Waals surface area contributed by atoms with Gasteiger partial charge in [-0.2, -0.15) is 0 Å². The Morgan fingerprint density at radius 1 is 0.607 bits per heavy atom. The van der Waals surface area contributed by atoms with Gasteiger partial charge in [-0.15, -0.1) is 0 Å². The molecule has 0 atom stereocenters. The highest BCUT2D eigenvalue weighted by Crippen LogP contribution is 2.25. The Morgan fingerprint density at radius 2 is 1.07 bits per heavy atom. The summed E-state index contributed by atoms with van der Waals surface area (Å²) in [6, 6.07) is 14.5. The molecule has 2 aliphatic rings. The number of likely N-dealkylation sites (N-methyl/N-ethyl adjacent to an activating group) is 1. The number of benzene rings is 2. The number of rotatable bonds is 9. The molecule has 2 nitrogen and oxygen atoms in total. The molecule has 0 radical (unpaired) electrons. The van der Waals surface area contributed by atoms with Gasteiger partial charge in [-0.1, -0.05) is 50.2 Å². The van der Waals surface area contributed by atoms with Gasteiger partial charge in [-0.05, 0) is 85.0 Å². The molecule has 0 heterocycles. The van der Waals surface area contributed by atoms with Crippen LogP contribution in [0.15, 0.2) is 36.4 Å². The summed E-state index contributed by atoms with van der Waals surface area (Å²) < 4.78 is 0. The lowest BCUT2D eigenvalue weighted by Gasteiger charge is -2.27. The van der Waals surface area contributed by atoms with Crippen molar-refractivity contribution in [1.29, 1.82) is 0 Å². The summed E-state index contributed by atoms with van der Waals surface area (Å²) in [6.45, 7) is 11.2. The second-order valence-electron chi connectivity index (χ2n) is 8.65. The minimum Gasteiger partial charge on any atom is -0.303 e. The summed E-state index contributed by atoms with van der Waals surface area (Å²) in [5, 5.41) is 0. The Labute approximate surface area is 171 Å². The maximum absolute atomic E-state index is 2.66. The summed E-state index contributed by atoms with van der Waals surface area (Å²) in [5.74, 6) is 0. The van der Waals surface area contributed by atoms with E-state index in [4.69, 9.17) is 0 Å². The predicted molar refractivity (Wildman–Crippen MR) is 119 cm³/mol. The molecule has 2 aliphatic carbocycles. The standard InChI is InChI=1S/C26H36N2/c1-3-27(4-2)15-16-28(19-21-11-13-23-7-5-9-25(23)17-21)20-22-12-14-24-8-6-10-26(24)18-22/h11-14,17-18H,3-10,15-16,19-20H2,1-2H3. The number of fused-ring (bicyclic) bond motifs is 2. The molecular formula is C26H36N2. The molecule has 28 heavy (non-hydrogen) atoms. The van der Waals surface area contributed by atoms with Crippen molar-refractivity contribution in [3.63, 3.8) is 0 Å². The van der Waals surface area contributed by atoms with Gasteiger partial charge < -0.3 is 4.90 Å². The molecule has 150 valence electrons. The highest BCUT2D eigenvalue weighted by atomic mass is 15.2. The van der Waals surface area contributed by atoms with Gasteiger partial charge in [0, 0.05) is 26.2 Å². The van der Waals surface area contributed by atoms with Crippen molar-refractivity contribution in [3.8, 4) is 0 Å². The van der Waals surface area contributed by atoms with Crippen LogP contribution in [-0.2, 0) is 38.8 Å². The first kappa shape index (κ1) is 19.7. The number of hydrogen-bond acceptors (Lipinski definition) is 2. The fraction of sp³-hybridized carbons (Fsp3) is 0.538. The zero-order chi connectivity index (χ0) is 19.3. The second kappa shape index (κ2) is 9.24. The molecule has 0 unspecified atom stereocenters. The van der Waals surface area contributed by atoms with Gasteiger partial charge in [-0.25, -0.2) is 0 Å². The van der Waals surface area contributed by atoms with Gasteiger partial charge >= 0.3 is 0 Å². The smallest absolute Gasteiger partial charge is 0.0237 e. The van der Waals surface area contributed by atoms with Gasteiger partial charge in [0.2, 0.25) is 0 Å². The average Bonchev–Trinajstić information content (AvgIpc) is 3.37. The average molecular weight is 377 g/mol. The normalized spacial score (nSPS) is 15.4. The van der Waals surface area contributed by atoms with E-state index in [2.05, 4.69) is 60.0 Å². The van der Waals surface area contributed by atoms with E-state index in [0.717, 1.165) is 39.3 Å². The number of aryl methyl sites for hydroxylation is 4. The van der Waals surface area contributed by atoms with Crippen molar-refractivity contribution in [2.24, 2.45) is 0 Å². The molecule has 0 bridgehead atoms. The van der Waals surface area contributed by atoms with E-state index in [1.165, 1.54) is 49.7 Å². The van der Waals surface area contributed by atoms with Crippen molar-refractivity contribution in [2.45, 2.75) is 65.5 Å². The van der Waals surface area contributed by atoms with Crippen LogP contribution in [0.3, 0.4) is 0 Å². The van der Waals surface area contributed by atoms with Crippen LogP contribution in [0.1, 0.15) is 60.1 Å². The third-order valence-electron chi connectivity index (χ3n) is 6.77. The minimum atomic E-state index is 1.06. The zero-order valence-corrected chi connectivity index (χ0v) is 17.8. The zero-order valence-electron chi connectivity index (χ0n) is 17.8. The molecule has 0 fully saturated rings. The maximum Gasteiger partial charge on any atom is 0.0237 e. The highest BCUT2D eigenvalue weighted by Gasteiger charge is 2.15. The van der Waals surface area contributed by atoms with Gasteiger partial charge in [0.1, 0.15) is 0 Å². The molecule has 0 N–H and O–H groups in total. The molecule has 0 spiro atoms. The molecule has 0 saturated heterocycles. The van der Waals surface area contributed by atoms with Crippen LogP contribution >= 0.6 is 0 Å². The summed E-state index contributed by atoms with van der Waals surface area (Å²) in [6.07, 6.45) is 7.76. The van der Waals surface area contributed by atoms with Gasteiger partial charge in [0.25, 0.3) is 0 Å². The lowest BCUT2D eigenvalue weighted by molar-refractivity contribution is 0.202. The van der Waals surface area contributed by atoms with Crippen molar-refractivity contribution >= 4 is 0 Å². The first-order valence-electron chi connectivity index (χ1n) is 11.4. The Morgan fingerprint density at radius 3 is 1.57 bits per heavy atom. The molecule has 2 aromatic carbocycles. The van der Waals surface area contributed by atoms with Crippen molar-refractivity contribution in [2.75, 3.05) is 26.2 Å². The molecule has 0 saturated carbocycles. The molecule has 2 aromatic rings. The quantitative estimate of drug-likeness (QED) is 0.607. The third kappa shape index (κ3) is 4.67. The van der Waals surface area contributed by atoms with Crippen LogP contribution in [0.5, 0.6) is 0 Å². The largest absolute Gasteiger partial charge is 0.303 e. The van der Waals surface area contributed by atoms with E-state index in [1.54, 1.807) is 22.3 Å². The SMILES string of the molecule is CCN(CC)CCN(Cc1ccc2c(c1)CCC2)Cc1ccc2c(c1)CCC2. The topological polar surface area (TPSA) is 6.48 Å². The third-order valence-corrected chi connectivity index (χ3v) is 6.77. The lowest BCUT2D eigenvalue weighted by atomic mass is 10.0. The van der Waals surface area contributed by atoms with E-state index in [9.17, 15) is 0 Å². The Hall–Kier alpha value is -1.64. The van der Waals surface area contributed by atoms with E-state index in [0.29, 0.717) is 0 Å². The summed E-state index contributed by atoms with van der Waals surface area (Å²) in [7, 11) is 0. The fourth-order valence-electron chi connectivity index (χ4n) is 5.00. The molecule has 0 amide bonds. The Bertz CT molecular complexity index is 732. The van der Waals surface area contributed by atoms with E-state index < -0.39 is 0 Å². The van der Waals surface area contributed by atoms with Gasteiger partial charge in [-0.3, -0.25) is 4.90 Å². The van der Waals surface area contributed by atoms with E-state index >= 15 is 0 Å². The number of nitrogens with zero attached hydrogens (tertiary/aromatic N) is 2. The summed E-state index contributed by atoms with van der Waals surface area (Å²) in [4.78, 5) is 5.20. The lowest BCUT2D eigenvalue weighted by Crippen LogP contribution is -2.34. The monoisotopic (exact) mass is 376 g/mol. The van der Waals surface area contributed by atoms with Crippen LogP contribution in [0, 0.1) is 0 Å². The summed E-state index contributed by atoms with van der Waals surface area (Å²) >= 11 is 0. The van der Waals surface area contributed by atoms with Crippen LogP contribution in [0.25, 0.3) is 0 Å². The van der Waals surface area contributed by atoms with Crippen molar-refractivity contribution in [1.82, 2.24) is 9.80 Å². The van der Waals surface area contributed by atoms with Crippen LogP contribution in [0.4, 0.5) is 0 Å². The Kier molecular flexibility index (Phi) is 6.49. The fourth-order valence-corrected chi connectivity index (χ4v) is 5.00. The molecule has 0 aromatic heterocycles. The minimum absolute atomic E-state index is 1.06. The first-order valence-corrected chi connectivity index (χ1v) is 11.4. The summed E-state index contributed by atoms with van der Waals surface area (Å²) in [5.41, 5.74) is 9.33. The Balaban J connectivity index is 1.48. The molecular weight excluding hydrogens is 340 g/mol. The van der Waals surface area contributed by atoms with Gasteiger partial charge in [0.15, 0.2) is 0 Å². The first-order chi connectivity index (χ1) is 13.7. The van der Waals surface area contributed by atoms with Crippen LogP contribution in [0.2, 0.25) is 0 Å². The van der Waals surface area contributed by atoms with Crippen LogP contribution < -0.4 is 0 Å². The van der Waals surface area contributed by atoms with E-state index in [-0.39, 0.29) is 0 Å². The van der Waals surface area contributed by atoms with Crippen LogP contribution in [-0.4, -0.2) is 36.0 Å².